The zero-order valence-electron chi connectivity index (χ0n) is 31.4. The molecule has 23 heteroatoms. The van der Waals surface area contributed by atoms with E-state index >= 15 is 4.39 Å². The van der Waals surface area contributed by atoms with Crippen LogP contribution in [0.3, 0.4) is 0 Å². The van der Waals surface area contributed by atoms with Crippen molar-refractivity contribution < 1.29 is 66.1 Å². The third kappa shape index (κ3) is 12.3. The standard InChI is InChI=1S/C29H30Br2F3N7O2S.2C4H4O4/c1-39-8-10-40(11-9-39)17-3-5-18(6-4-17)41-14-19(24-28(35)36-15-37-29(24)41)16-2-7-23(21(32)12-16)38-44(42,43)27-25(31)22(33)13-20(30)26(27)34;2*5-3(6)1-2-4(7)8/h2,7,12-15,17-18,38H,3-6,8-11H2,1H3,(H2,35,36,37);2*1-2H,(H,5,6)(H,7,8)/p-1/b;2*2-1-. The van der Waals surface area contributed by atoms with Crippen molar-refractivity contribution in [3.63, 3.8) is 0 Å². The van der Waals surface area contributed by atoms with Gasteiger partial charge in [0, 0.05) is 55.9 Å². The number of carbonyl (C=O) groups excluding carboxylic acids is 2. The third-order valence-electron chi connectivity index (χ3n) is 9.52. The largest absolute Gasteiger partial charge is 0.545 e. The highest BCUT2D eigenvalue weighted by atomic mass is 79.9. The molecule has 1 aliphatic carbocycles. The van der Waals surface area contributed by atoms with E-state index in [-0.39, 0.29) is 16.3 Å². The molecule has 0 bridgehead atoms. The average Bonchev–Trinajstić information content (AvgIpc) is 3.58. The SMILES string of the molecule is CN1CC[NH+](C2CCC(n3cc(-c4ccc(NS(=O)(=O)c5c(F)c(Br)cc(F)c5Br)c(F)c4)c4c(N)ncnc43)CC2)CC1.O=C([O-])/C=C\C(=O)O.O=C([O-])/C=C\C(=O)O. The Labute approximate surface area is 357 Å². The highest BCUT2D eigenvalue weighted by Gasteiger charge is 2.33. The predicted molar refractivity (Wildman–Crippen MR) is 213 cm³/mol. The number of nitrogens with two attached hydrogens (primary N) is 1. The lowest BCUT2D eigenvalue weighted by Gasteiger charge is -2.38. The molecule has 0 unspecified atom stereocenters. The van der Waals surface area contributed by atoms with Gasteiger partial charge in [-0.25, -0.2) is 41.1 Å². The number of carbonyl (C=O) groups is 4. The maximum Gasteiger partial charge on any atom is 0.328 e. The number of aromatic nitrogens is 3. The Morgan fingerprint density at radius 3 is 2.02 bits per heavy atom. The summed E-state index contributed by atoms with van der Waals surface area (Å²) in [5, 5.41) is 35.0. The van der Waals surface area contributed by atoms with Crippen molar-refractivity contribution in [1.29, 1.82) is 0 Å². The Balaban J connectivity index is 0.000000420. The Morgan fingerprint density at radius 1 is 0.917 bits per heavy atom. The van der Waals surface area contributed by atoms with E-state index in [1.165, 1.54) is 24.5 Å². The van der Waals surface area contributed by atoms with Crippen molar-refractivity contribution in [1.82, 2.24) is 19.4 Å². The average molecular weight is 989 g/mol. The molecule has 60 heavy (non-hydrogen) atoms. The fourth-order valence-electron chi connectivity index (χ4n) is 6.71. The van der Waals surface area contributed by atoms with Gasteiger partial charge in [0.15, 0.2) is 5.82 Å². The van der Waals surface area contributed by atoms with Crippen molar-refractivity contribution in [2.24, 2.45) is 0 Å². The summed E-state index contributed by atoms with van der Waals surface area (Å²) in [6.45, 7) is 4.56. The van der Waals surface area contributed by atoms with Crippen LogP contribution in [0.5, 0.6) is 0 Å². The molecule has 1 saturated carbocycles. The lowest BCUT2D eigenvalue weighted by Crippen LogP contribution is -3.18. The zero-order valence-corrected chi connectivity index (χ0v) is 35.4. The van der Waals surface area contributed by atoms with Gasteiger partial charge in [0.2, 0.25) is 0 Å². The first-order valence-electron chi connectivity index (χ1n) is 17.7. The van der Waals surface area contributed by atoms with E-state index in [0.717, 1.165) is 57.9 Å². The second-order valence-corrected chi connectivity index (χ2v) is 16.7. The molecule has 0 radical (unpaired) electrons. The molecule has 1 aliphatic heterocycles. The number of nitrogen functional groups attached to an aromatic ring is 1. The number of likely N-dealkylation sites (N-methyl/N-ethyl adjacent to an activating group) is 1. The molecule has 0 spiro atoms. The number of carboxylic acid groups (broad SMARTS) is 4. The minimum absolute atomic E-state index is 0.193. The van der Waals surface area contributed by atoms with Crippen molar-refractivity contribution in [2.45, 2.75) is 42.7 Å². The maximum absolute atomic E-state index is 15.5. The van der Waals surface area contributed by atoms with Crippen LogP contribution >= 0.6 is 31.9 Å². The van der Waals surface area contributed by atoms with E-state index in [1.807, 2.05) is 10.9 Å². The molecule has 6 N–H and O–H groups in total. The number of benzene rings is 2. The quantitative estimate of drug-likeness (QED) is 0.111. The number of anilines is 2. The molecule has 17 nitrogen and oxygen atoms in total. The van der Waals surface area contributed by atoms with Gasteiger partial charge in [0.25, 0.3) is 10.0 Å². The number of fused-ring (bicyclic) bond motifs is 1. The number of hydrogen-bond donors (Lipinski definition) is 5. The number of aliphatic carboxylic acids is 4. The van der Waals surface area contributed by atoms with Gasteiger partial charge >= 0.3 is 11.9 Å². The summed E-state index contributed by atoms with van der Waals surface area (Å²) >= 11 is 5.60. The number of quaternary nitrogens is 1. The first-order chi connectivity index (χ1) is 28.2. The van der Waals surface area contributed by atoms with Crippen LogP contribution < -0.4 is 25.6 Å². The van der Waals surface area contributed by atoms with Gasteiger partial charge < -0.3 is 45.2 Å². The highest BCUT2D eigenvalue weighted by molar-refractivity contribution is 9.11. The van der Waals surface area contributed by atoms with Crippen LogP contribution in [-0.2, 0) is 29.2 Å². The molecule has 2 aromatic heterocycles. The number of rotatable bonds is 10. The number of halogens is 5. The molecule has 2 aromatic carbocycles. The van der Waals surface area contributed by atoms with Crippen LogP contribution in [0.4, 0.5) is 24.7 Å². The fraction of sp³-hybridized carbons (Fsp3) is 0.297. The Kier molecular flexibility index (Phi) is 16.4. The van der Waals surface area contributed by atoms with E-state index in [9.17, 15) is 46.6 Å². The van der Waals surface area contributed by atoms with Crippen LogP contribution in [0.1, 0.15) is 31.7 Å². The van der Waals surface area contributed by atoms with Gasteiger partial charge in [-0.15, -0.1) is 0 Å². The van der Waals surface area contributed by atoms with E-state index in [4.69, 9.17) is 15.9 Å². The lowest BCUT2D eigenvalue weighted by atomic mass is 9.89. The smallest absolute Gasteiger partial charge is 0.328 e. The summed E-state index contributed by atoms with van der Waals surface area (Å²) in [6.07, 6.45) is 9.37. The predicted octanol–water partition coefficient (Wildman–Crippen LogP) is 1.49. The monoisotopic (exact) mass is 986 g/mol. The normalized spacial score (nSPS) is 17.4. The summed E-state index contributed by atoms with van der Waals surface area (Å²) in [5.74, 6) is -8.49. The number of nitrogens with zero attached hydrogens (tertiary/aromatic N) is 4. The van der Waals surface area contributed by atoms with Crippen molar-refractivity contribution in [3.8, 4) is 11.1 Å². The van der Waals surface area contributed by atoms with Gasteiger partial charge in [-0.05, 0) is 87.7 Å². The molecule has 2 aliphatic rings. The summed E-state index contributed by atoms with van der Waals surface area (Å²) < 4.78 is 73.5. The topological polar surface area (TPSA) is 265 Å². The molecule has 4 aromatic rings. The van der Waals surface area contributed by atoms with Crippen LogP contribution in [0.25, 0.3) is 22.2 Å². The first-order valence-corrected chi connectivity index (χ1v) is 20.8. The van der Waals surface area contributed by atoms with Crippen LogP contribution in [-0.4, -0.2) is 101 Å². The second kappa shape index (κ2) is 20.7. The van der Waals surface area contributed by atoms with Gasteiger partial charge in [-0.1, -0.05) is 6.07 Å². The van der Waals surface area contributed by atoms with Gasteiger partial charge in [-0.2, -0.15) is 0 Å². The third-order valence-corrected chi connectivity index (χ3v) is 12.5. The number of nitrogens with one attached hydrogen (secondary N) is 2. The molecule has 322 valence electrons. The number of hydrogen-bond acceptors (Lipinski definition) is 12. The summed E-state index contributed by atoms with van der Waals surface area (Å²) in [6, 6.07) is 5.55. The molecule has 2 fully saturated rings. The fourth-order valence-corrected chi connectivity index (χ4v) is 9.40. The lowest BCUT2D eigenvalue weighted by molar-refractivity contribution is -0.931. The minimum atomic E-state index is -4.72. The van der Waals surface area contributed by atoms with E-state index in [1.54, 1.807) is 4.90 Å². The summed E-state index contributed by atoms with van der Waals surface area (Å²) in [4.78, 5) is 49.7. The van der Waals surface area contributed by atoms with Gasteiger partial charge in [0.05, 0.1) is 51.1 Å². The summed E-state index contributed by atoms with van der Waals surface area (Å²) in [7, 11) is -2.55. The minimum Gasteiger partial charge on any atom is -0.545 e. The maximum atomic E-state index is 15.5. The van der Waals surface area contributed by atoms with Crippen molar-refractivity contribution >= 4 is 88.3 Å². The zero-order chi connectivity index (χ0) is 44.5. The van der Waals surface area contributed by atoms with Crippen LogP contribution in [0, 0.1) is 17.5 Å². The molecule has 3 heterocycles. The van der Waals surface area contributed by atoms with Crippen molar-refractivity contribution in [3.05, 3.63) is 87.5 Å². The highest BCUT2D eigenvalue weighted by Crippen LogP contribution is 2.39. The van der Waals surface area contributed by atoms with Crippen molar-refractivity contribution in [2.75, 3.05) is 43.7 Å². The number of piperazine rings is 1. The Bertz CT molecular complexity index is 2350. The summed E-state index contributed by atoms with van der Waals surface area (Å²) in [5.41, 5.74) is 7.58. The van der Waals surface area contributed by atoms with Crippen LogP contribution in [0.15, 0.2) is 74.9 Å². The van der Waals surface area contributed by atoms with E-state index in [2.05, 4.69) is 58.3 Å². The van der Waals surface area contributed by atoms with E-state index in [0.29, 0.717) is 52.5 Å². The van der Waals surface area contributed by atoms with Gasteiger partial charge in [0.1, 0.15) is 34.3 Å². The van der Waals surface area contributed by atoms with E-state index < -0.39 is 66.4 Å². The molecular weight excluding hydrogens is 951 g/mol. The Morgan fingerprint density at radius 2 is 1.50 bits per heavy atom. The Hall–Kier alpha value is -5.36. The second-order valence-electron chi connectivity index (χ2n) is 13.5. The molecule has 1 saturated heterocycles. The molecular formula is C37H37Br2F3N7O10S-. The molecule has 6 rings (SSSR count). The first kappa shape index (κ1) is 47.3. The van der Waals surface area contributed by atoms with Crippen LogP contribution in [0.2, 0.25) is 0 Å². The molecule has 0 atom stereocenters. The number of sulfonamides is 1. The van der Waals surface area contributed by atoms with Gasteiger partial charge in [-0.3, -0.25) is 9.62 Å². The molecule has 0 amide bonds. The number of carboxylic acids is 4.